The average Bonchev–Trinajstić information content (AvgIpc) is 2.49. The number of carbonyl (C=O) groups excluding carboxylic acids is 1. The molecular formula is C16H26O3. The van der Waals surface area contributed by atoms with Gasteiger partial charge < -0.3 is 9.84 Å². The lowest BCUT2D eigenvalue weighted by atomic mass is 9.45. The first-order chi connectivity index (χ1) is 8.71. The van der Waals surface area contributed by atoms with Crippen molar-refractivity contribution in [2.24, 2.45) is 22.7 Å². The molecule has 5 atom stereocenters. The Morgan fingerprint density at radius 2 is 1.84 bits per heavy atom. The van der Waals surface area contributed by atoms with Gasteiger partial charge in [0.05, 0.1) is 0 Å². The van der Waals surface area contributed by atoms with Crippen molar-refractivity contribution in [1.29, 1.82) is 0 Å². The fourth-order valence-corrected chi connectivity index (χ4v) is 5.78. The molecule has 3 nitrogen and oxygen atoms in total. The Balaban J connectivity index is 2.05. The quantitative estimate of drug-likeness (QED) is 0.686. The van der Waals surface area contributed by atoms with Gasteiger partial charge in [-0.25, -0.2) is 4.79 Å². The maximum absolute atomic E-state index is 11.9. The van der Waals surface area contributed by atoms with Crippen molar-refractivity contribution >= 4 is 5.97 Å². The molecule has 3 fully saturated rings. The highest BCUT2D eigenvalue weighted by Crippen LogP contribution is 2.64. The number of aliphatic hydroxyl groups excluding tert-OH is 1. The van der Waals surface area contributed by atoms with E-state index >= 15 is 0 Å². The van der Waals surface area contributed by atoms with Crippen molar-refractivity contribution in [3.8, 4) is 0 Å². The summed E-state index contributed by atoms with van der Waals surface area (Å²) in [6.07, 6.45) is 4.62. The van der Waals surface area contributed by atoms with E-state index in [1.807, 2.05) is 6.92 Å². The zero-order chi connectivity index (χ0) is 14.1. The Kier molecular flexibility index (Phi) is 2.65. The summed E-state index contributed by atoms with van der Waals surface area (Å²) in [7, 11) is 0. The molecule has 0 aromatic carbocycles. The van der Waals surface area contributed by atoms with E-state index in [9.17, 15) is 9.90 Å². The number of aliphatic hydroxyl groups is 1. The van der Waals surface area contributed by atoms with E-state index in [0.717, 1.165) is 19.3 Å². The third-order valence-corrected chi connectivity index (χ3v) is 6.46. The highest BCUT2D eigenvalue weighted by Gasteiger charge is 2.66. The summed E-state index contributed by atoms with van der Waals surface area (Å²) in [5.41, 5.74) is -0.116. The summed E-state index contributed by atoms with van der Waals surface area (Å²) in [6.45, 7) is 9.00. The zero-order valence-corrected chi connectivity index (χ0v) is 12.5. The topological polar surface area (TPSA) is 46.5 Å². The molecule has 2 saturated carbocycles. The molecule has 0 spiro atoms. The summed E-state index contributed by atoms with van der Waals surface area (Å²) in [4.78, 5) is 11.9. The van der Waals surface area contributed by atoms with Gasteiger partial charge in [0.25, 0.3) is 0 Å². The number of ether oxygens (including phenoxy) is 1. The SMILES string of the molecule is CC1(C)CCC[C@@]2(C)[C@H]1CC[C@@]1(C)OC(=O)[C@H](O)[C@@H]21. The molecule has 0 amide bonds. The van der Waals surface area contributed by atoms with E-state index in [2.05, 4.69) is 20.8 Å². The van der Waals surface area contributed by atoms with Gasteiger partial charge in [0.15, 0.2) is 6.10 Å². The lowest BCUT2D eigenvalue weighted by molar-refractivity contribution is -0.165. The molecule has 3 heteroatoms. The molecule has 3 rings (SSSR count). The predicted molar refractivity (Wildman–Crippen MR) is 72.5 cm³/mol. The number of fused-ring (bicyclic) bond motifs is 3. The second-order valence-electron chi connectivity index (χ2n) is 8.10. The van der Waals surface area contributed by atoms with E-state index in [1.54, 1.807) is 0 Å². The van der Waals surface area contributed by atoms with Crippen LogP contribution in [0.25, 0.3) is 0 Å². The van der Waals surface area contributed by atoms with Crippen molar-refractivity contribution in [2.45, 2.75) is 71.5 Å². The van der Waals surface area contributed by atoms with Gasteiger partial charge in [0.1, 0.15) is 5.60 Å². The molecule has 0 aromatic heterocycles. The van der Waals surface area contributed by atoms with E-state index in [4.69, 9.17) is 4.74 Å². The maximum atomic E-state index is 11.9. The molecule has 1 aliphatic heterocycles. The molecule has 1 saturated heterocycles. The van der Waals surface area contributed by atoms with Gasteiger partial charge in [0, 0.05) is 5.92 Å². The third kappa shape index (κ3) is 1.63. The molecule has 1 N–H and O–H groups in total. The monoisotopic (exact) mass is 266 g/mol. The Bertz CT molecular complexity index is 416. The van der Waals surface area contributed by atoms with E-state index in [-0.39, 0.29) is 11.3 Å². The Labute approximate surface area is 115 Å². The average molecular weight is 266 g/mol. The Hall–Kier alpha value is -0.570. The van der Waals surface area contributed by atoms with Crippen LogP contribution in [0, 0.1) is 22.7 Å². The molecule has 2 aliphatic carbocycles. The normalized spacial score (nSPS) is 52.3. The minimum Gasteiger partial charge on any atom is -0.457 e. The highest BCUT2D eigenvalue weighted by atomic mass is 16.6. The fourth-order valence-electron chi connectivity index (χ4n) is 5.78. The van der Waals surface area contributed by atoms with Gasteiger partial charge in [-0.15, -0.1) is 0 Å². The van der Waals surface area contributed by atoms with Crippen LogP contribution < -0.4 is 0 Å². The van der Waals surface area contributed by atoms with Gasteiger partial charge >= 0.3 is 5.97 Å². The van der Waals surface area contributed by atoms with Gasteiger partial charge in [-0.2, -0.15) is 0 Å². The number of hydrogen-bond donors (Lipinski definition) is 1. The number of esters is 1. The van der Waals surface area contributed by atoms with Crippen LogP contribution in [-0.4, -0.2) is 22.8 Å². The van der Waals surface area contributed by atoms with E-state index in [1.165, 1.54) is 12.8 Å². The molecular weight excluding hydrogens is 240 g/mol. The minimum absolute atomic E-state index is 0.0281. The first kappa shape index (κ1) is 13.4. The molecule has 3 aliphatic rings. The van der Waals surface area contributed by atoms with Crippen LogP contribution in [0.2, 0.25) is 0 Å². The predicted octanol–water partition coefficient (Wildman–Crippen LogP) is 2.91. The van der Waals surface area contributed by atoms with Gasteiger partial charge in [-0.1, -0.05) is 27.2 Å². The second-order valence-corrected chi connectivity index (χ2v) is 8.10. The Morgan fingerprint density at radius 3 is 2.53 bits per heavy atom. The molecule has 0 radical (unpaired) electrons. The first-order valence-electron chi connectivity index (χ1n) is 7.62. The molecule has 19 heavy (non-hydrogen) atoms. The van der Waals surface area contributed by atoms with Crippen molar-refractivity contribution in [2.75, 3.05) is 0 Å². The van der Waals surface area contributed by atoms with E-state index in [0.29, 0.717) is 11.3 Å². The van der Waals surface area contributed by atoms with Crippen molar-refractivity contribution in [1.82, 2.24) is 0 Å². The second kappa shape index (κ2) is 3.75. The smallest absolute Gasteiger partial charge is 0.335 e. The summed E-state index contributed by atoms with van der Waals surface area (Å²) in [6, 6.07) is 0. The largest absolute Gasteiger partial charge is 0.457 e. The number of carbonyl (C=O) groups is 1. The van der Waals surface area contributed by atoms with Crippen LogP contribution in [0.15, 0.2) is 0 Å². The van der Waals surface area contributed by atoms with E-state index < -0.39 is 17.7 Å². The van der Waals surface area contributed by atoms with Crippen LogP contribution in [-0.2, 0) is 9.53 Å². The molecule has 108 valence electrons. The summed E-state index contributed by atoms with van der Waals surface area (Å²) < 4.78 is 5.56. The number of rotatable bonds is 0. The summed E-state index contributed by atoms with van der Waals surface area (Å²) in [5.74, 6) is 0.138. The lowest BCUT2D eigenvalue weighted by Crippen LogP contribution is -2.58. The van der Waals surface area contributed by atoms with Crippen LogP contribution in [0.4, 0.5) is 0 Å². The van der Waals surface area contributed by atoms with Crippen molar-refractivity contribution < 1.29 is 14.6 Å². The van der Waals surface area contributed by atoms with Crippen LogP contribution in [0.3, 0.4) is 0 Å². The van der Waals surface area contributed by atoms with Crippen LogP contribution in [0.1, 0.15) is 59.8 Å². The summed E-state index contributed by atoms with van der Waals surface area (Å²) in [5, 5.41) is 10.4. The van der Waals surface area contributed by atoms with Gasteiger partial charge in [-0.3, -0.25) is 0 Å². The molecule has 1 heterocycles. The molecule has 0 unspecified atom stereocenters. The number of hydrogen-bond acceptors (Lipinski definition) is 3. The third-order valence-electron chi connectivity index (χ3n) is 6.46. The standard InChI is InChI=1S/C16H26O3/c1-14(2)7-5-8-15(3)10(14)6-9-16(4)12(15)11(17)13(18)19-16/h10-12,17H,5-9H2,1-4H3/t10-,11+,12-,15-,16+/m0/s1. The summed E-state index contributed by atoms with van der Waals surface area (Å²) >= 11 is 0. The zero-order valence-electron chi connectivity index (χ0n) is 12.5. The van der Waals surface area contributed by atoms with Crippen molar-refractivity contribution in [3.63, 3.8) is 0 Å². The first-order valence-corrected chi connectivity index (χ1v) is 7.62. The molecule has 0 bridgehead atoms. The maximum Gasteiger partial charge on any atom is 0.335 e. The van der Waals surface area contributed by atoms with Gasteiger partial charge in [-0.05, 0) is 49.4 Å². The Morgan fingerprint density at radius 1 is 1.16 bits per heavy atom. The lowest BCUT2D eigenvalue weighted by Gasteiger charge is -2.59. The highest BCUT2D eigenvalue weighted by molar-refractivity contribution is 5.78. The fraction of sp³-hybridized carbons (Fsp3) is 0.938. The minimum atomic E-state index is -0.924. The van der Waals surface area contributed by atoms with Crippen LogP contribution in [0.5, 0.6) is 0 Å². The molecule has 0 aromatic rings. The van der Waals surface area contributed by atoms with Crippen molar-refractivity contribution in [3.05, 3.63) is 0 Å². The van der Waals surface area contributed by atoms with Crippen LogP contribution >= 0.6 is 0 Å². The van der Waals surface area contributed by atoms with Gasteiger partial charge in [0.2, 0.25) is 0 Å².